The molecule has 2 aromatic carbocycles. The lowest BCUT2D eigenvalue weighted by Crippen LogP contribution is -2.40. The topological polar surface area (TPSA) is 111 Å². The SMILES string of the molecule is O=C(CN=C1NS(=O)(=O)c2ccccc21)N1CCCN(C(=O)Nc2ccc(Cl)cc2)CC1. The van der Waals surface area contributed by atoms with Crippen LogP contribution in [0.15, 0.2) is 58.4 Å². The van der Waals surface area contributed by atoms with Crippen LogP contribution in [0.1, 0.15) is 12.0 Å². The van der Waals surface area contributed by atoms with Crippen LogP contribution in [0.4, 0.5) is 10.5 Å². The number of urea groups is 1. The van der Waals surface area contributed by atoms with Gasteiger partial charge in [0.15, 0.2) is 0 Å². The van der Waals surface area contributed by atoms with Crippen molar-refractivity contribution in [2.45, 2.75) is 11.3 Å². The summed E-state index contributed by atoms with van der Waals surface area (Å²) in [6.07, 6.45) is 0.631. The molecule has 0 atom stereocenters. The largest absolute Gasteiger partial charge is 0.339 e. The third kappa shape index (κ3) is 4.86. The lowest BCUT2D eigenvalue weighted by atomic mass is 10.2. The Morgan fingerprint density at radius 3 is 2.47 bits per heavy atom. The van der Waals surface area contributed by atoms with Gasteiger partial charge in [-0.2, -0.15) is 0 Å². The average Bonchev–Trinajstić information content (AvgIpc) is 2.93. The highest BCUT2D eigenvalue weighted by atomic mass is 35.5. The van der Waals surface area contributed by atoms with Crippen molar-refractivity contribution in [3.05, 3.63) is 59.1 Å². The molecule has 2 aromatic rings. The Morgan fingerprint density at radius 2 is 1.69 bits per heavy atom. The molecule has 11 heteroatoms. The fourth-order valence-electron chi connectivity index (χ4n) is 3.60. The predicted molar refractivity (Wildman–Crippen MR) is 121 cm³/mol. The number of amidine groups is 1. The fraction of sp³-hybridized carbons (Fsp3) is 0.286. The van der Waals surface area contributed by atoms with Crippen LogP contribution in [0.25, 0.3) is 0 Å². The Kier molecular flexibility index (Phi) is 6.33. The molecule has 32 heavy (non-hydrogen) atoms. The Bertz CT molecular complexity index is 1170. The van der Waals surface area contributed by atoms with Gasteiger partial charge in [0.25, 0.3) is 10.0 Å². The third-order valence-electron chi connectivity index (χ3n) is 5.27. The van der Waals surface area contributed by atoms with Crippen LogP contribution < -0.4 is 10.0 Å². The maximum absolute atomic E-state index is 12.7. The molecular formula is C21H22ClN5O4S. The second-order valence-electron chi connectivity index (χ2n) is 7.42. The maximum atomic E-state index is 12.7. The van der Waals surface area contributed by atoms with Crippen molar-refractivity contribution in [2.75, 3.05) is 38.0 Å². The van der Waals surface area contributed by atoms with Gasteiger partial charge in [-0.3, -0.25) is 14.5 Å². The molecule has 3 amide bonds. The summed E-state index contributed by atoms with van der Waals surface area (Å²) in [6, 6.07) is 13.1. The minimum absolute atomic E-state index is 0.156. The number of hydrogen-bond donors (Lipinski definition) is 2. The molecule has 0 radical (unpaired) electrons. The van der Waals surface area contributed by atoms with Crippen LogP contribution in [-0.2, 0) is 14.8 Å². The molecule has 0 spiro atoms. The molecule has 2 aliphatic heterocycles. The van der Waals surface area contributed by atoms with E-state index in [9.17, 15) is 18.0 Å². The first kappa shape index (κ1) is 22.1. The van der Waals surface area contributed by atoms with Gasteiger partial charge in [0.2, 0.25) is 5.91 Å². The molecule has 1 fully saturated rings. The molecule has 9 nitrogen and oxygen atoms in total. The summed E-state index contributed by atoms with van der Waals surface area (Å²) in [7, 11) is -3.64. The number of sulfonamides is 1. The van der Waals surface area contributed by atoms with Gasteiger partial charge in [0.1, 0.15) is 12.4 Å². The zero-order valence-electron chi connectivity index (χ0n) is 17.1. The molecule has 0 saturated carbocycles. The maximum Gasteiger partial charge on any atom is 0.321 e. The second-order valence-corrected chi connectivity index (χ2v) is 9.51. The van der Waals surface area contributed by atoms with E-state index in [1.807, 2.05) is 0 Å². The van der Waals surface area contributed by atoms with Crippen molar-refractivity contribution in [2.24, 2.45) is 4.99 Å². The molecule has 2 N–H and O–H groups in total. The van der Waals surface area contributed by atoms with Gasteiger partial charge in [-0.1, -0.05) is 23.7 Å². The normalized spacial score (nSPS) is 18.6. The number of benzene rings is 2. The van der Waals surface area contributed by atoms with Crippen LogP contribution in [0.2, 0.25) is 5.02 Å². The van der Waals surface area contributed by atoms with Gasteiger partial charge in [-0.15, -0.1) is 0 Å². The monoisotopic (exact) mass is 475 g/mol. The highest BCUT2D eigenvalue weighted by Gasteiger charge is 2.30. The number of amides is 3. The minimum atomic E-state index is -3.64. The summed E-state index contributed by atoms with van der Waals surface area (Å²) < 4.78 is 26.7. The third-order valence-corrected chi connectivity index (χ3v) is 6.92. The van der Waals surface area contributed by atoms with Crippen molar-refractivity contribution in [3.8, 4) is 0 Å². The minimum Gasteiger partial charge on any atom is -0.339 e. The average molecular weight is 476 g/mol. The number of nitrogens with zero attached hydrogens (tertiary/aromatic N) is 3. The molecular weight excluding hydrogens is 454 g/mol. The number of halogens is 1. The lowest BCUT2D eigenvalue weighted by Gasteiger charge is -2.22. The van der Waals surface area contributed by atoms with Crippen molar-refractivity contribution < 1.29 is 18.0 Å². The van der Waals surface area contributed by atoms with Crippen LogP contribution in [-0.4, -0.2) is 68.7 Å². The van der Waals surface area contributed by atoms with Crippen LogP contribution >= 0.6 is 11.6 Å². The first-order valence-electron chi connectivity index (χ1n) is 10.1. The van der Waals surface area contributed by atoms with Gasteiger partial charge >= 0.3 is 6.03 Å². The summed E-state index contributed by atoms with van der Waals surface area (Å²) in [6.45, 7) is 1.60. The van der Waals surface area contributed by atoms with Crippen LogP contribution in [0.3, 0.4) is 0 Å². The highest BCUT2D eigenvalue weighted by Crippen LogP contribution is 2.22. The summed E-state index contributed by atoms with van der Waals surface area (Å²) in [5.74, 6) is -0.0474. The standard InChI is InChI=1S/C21H22ClN5O4S/c22-15-6-8-16(9-7-15)24-21(29)27-11-3-10-26(12-13-27)19(28)14-23-20-17-4-1-2-5-18(17)32(30,31)25-20/h1-2,4-9H,3,10-14H2,(H,23,25)(H,24,29). The number of carbonyl (C=O) groups excluding carboxylic acids is 2. The molecule has 1 saturated heterocycles. The van der Waals surface area contributed by atoms with Crippen molar-refractivity contribution in [3.63, 3.8) is 0 Å². The van der Waals surface area contributed by atoms with Gasteiger partial charge in [-0.25, -0.2) is 13.2 Å². The van der Waals surface area contributed by atoms with E-state index in [4.69, 9.17) is 11.6 Å². The van der Waals surface area contributed by atoms with E-state index < -0.39 is 10.0 Å². The van der Waals surface area contributed by atoms with E-state index in [2.05, 4.69) is 15.0 Å². The number of fused-ring (bicyclic) bond motifs is 1. The number of hydrogen-bond acceptors (Lipinski definition) is 5. The summed E-state index contributed by atoms with van der Waals surface area (Å²) in [4.78, 5) is 32.9. The summed E-state index contributed by atoms with van der Waals surface area (Å²) in [5.41, 5.74) is 1.10. The number of aliphatic imine (C=N–C) groups is 1. The van der Waals surface area contributed by atoms with Gasteiger partial charge in [-0.05, 0) is 42.8 Å². The molecule has 168 valence electrons. The Hall–Kier alpha value is -3.11. The Morgan fingerprint density at radius 1 is 1.00 bits per heavy atom. The molecule has 4 rings (SSSR count). The van der Waals surface area contributed by atoms with E-state index in [1.54, 1.807) is 52.3 Å². The number of carbonyl (C=O) groups is 2. The highest BCUT2D eigenvalue weighted by molar-refractivity contribution is 7.90. The molecule has 2 aliphatic rings. The first-order chi connectivity index (χ1) is 15.3. The zero-order valence-corrected chi connectivity index (χ0v) is 18.7. The van der Waals surface area contributed by atoms with Crippen molar-refractivity contribution >= 4 is 45.1 Å². The fourth-order valence-corrected chi connectivity index (χ4v) is 4.98. The first-order valence-corrected chi connectivity index (χ1v) is 12.0. The van der Waals surface area contributed by atoms with E-state index in [1.165, 1.54) is 6.07 Å². The van der Waals surface area contributed by atoms with Gasteiger partial charge in [0, 0.05) is 42.5 Å². The molecule has 2 heterocycles. The number of rotatable bonds is 3. The zero-order chi connectivity index (χ0) is 22.7. The Labute approximate surface area is 191 Å². The number of anilines is 1. The molecule has 0 aliphatic carbocycles. The smallest absolute Gasteiger partial charge is 0.321 e. The van der Waals surface area contributed by atoms with Crippen molar-refractivity contribution in [1.29, 1.82) is 0 Å². The molecule has 0 unspecified atom stereocenters. The van der Waals surface area contributed by atoms with Crippen molar-refractivity contribution in [1.82, 2.24) is 14.5 Å². The number of nitrogens with one attached hydrogen (secondary N) is 2. The van der Waals surface area contributed by atoms with Crippen LogP contribution in [0.5, 0.6) is 0 Å². The predicted octanol–water partition coefficient (Wildman–Crippen LogP) is 2.14. The van der Waals surface area contributed by atoms with E-state index in [-0.39, 0.29) is 29.2 Å². The van der Waals surface area contributed by atoms with E-state index in [0.29, 0.717) is 48.9 Å². The van der Waals surface area contributed by atoms with Gasteiger partial charge < -0.3 is 15.1 Å². The van der Waals surface area contributed by atoms with E-state index in [0.717, 1.165) is 0 Å². The van der Waals surface area contributed by atoms with Gasteiger partial charge in [0.05, 0.1) is 4.90 Å². The second kappa shape index (κ2) is 9.17. The quantitative estimate of drug-likeness (QED) is 0.708. The molecule has 0 aromatic heterocycles. The summed E-state index contributed by atoms with van der Waals surface area (Å²) >= 11 is 5.87. The lowest BCUT2D eigenvalue weighted by molar-refractivity contribution is -0.129. The van der Waals surface area contributed by atoms with Crippen LogP contribution in [0, 0.1) is 0 Å². The summed E-state index contributed by atoms with van der Waals surface area (Å²) in [5, 5.41) is 3.42. The molecule has 0 bridgehead atoms. The Balaban J connectivity index is 1.34. The van der Waals surface area contributed by atoms with E-state index >= 15 is 0 Å².